The number of likely N-dealkylation sites (tertiary alicyclic amines) is 1. The van der Waals surface area contributed by atoms with E-state index in [-0.39, 0.29) is 5.91 Å². The van der Waals surface area contributed by atoms with Gasteiger partial charge in [0.25, 0.3) is 0 Å². The van der Waals surface area contributed by atoms with Gasteiger partial charge in [-0.1, -0.05) is 26.7 Å². The zero-order valence-electron chi connectivity index (χ0n) is 13.0. The maximum absolute atomic E-state index is 11.9. The van der Waals surface area contributed by atoms with Gasteiger partial charge in [-0.05, 0) is 31.6 Å². The maximum atomic E-state index is 11.9. The number of fused-ring (bicyclic) bond motifs is 1. The molecule has 0 radical (unpaired) electrons. The van der Waals surface area contributed by atoms with Crippen LogP contribution in [0, 0.1) is 11.8 Å². The highest BCUT2D eigenvalue weighted by Gasteiger charge is 2.42. The van der Waals surface area contributed by atoms with E-state index in [0.29, 0.717) is 18.4 Å². The summed E-state index contributed by atoms with van der Waals surface area (Å²) in [6, 6.07) is 0. The Bertz CT molecular complexity index is 332. The van der Waals surface area contributed by atoms with Crippen LogP contribution < -0.4 is 5.32 Å². The Kier molecular flexibility index (Phi) is 5.44. The average molecular weight is 282 g/mol. The summed E-state index contributed by atoms with van der Waals surface area (Å²) in [5.41, 5.74) is -0.442. The van der Waals surface area contributed by atoms with Crippen molar-refractivity contribution >= 4 is 5.91 Å². The van der Waals surface area contributed by atoms with Crippen molar-refractivity contribution < 1.29 is 9.90 Å². The summed E-state index contributed by atoms with van der Waals surface area (Å²) in [6.45, 7) is 7.34. The molecule has 2 unspecified atom stereocenters. The Balaban J connectivity index is 1.73. The first-order chi connectivity index (χ1) is 9.49. The fourth-order valence-corrected chi connectivity index (χ4v) is 3.54. The van der Waals surface area contributed by atoms with E-state index >= 15 is 0 Å². The SMILES string of the molecule is CC(C)CCNC(=O)CN1CCC2(O)CCCCC2C1. The molecule has 0 spiro atoms. The topological polar surface area (TPSA) is 52.6 Å². The van der Waals surface area contributed by atoms with E-state index in [1.807, 2.05) is 0 Å². The Morgan fingerprint density at radius 3 is 2.95 bits per heavy atom. The number of piperidine rings is 1. The predicted molar refractivity (Wildman–Crippen MR) is 80.4 cm³/mol. The van der Waals surface area contributed by atoms with Gasteiger partial charge in [0.05, 0.1) is 12.1 Å². The smallest absolute Gasteiger partial charge is 0.234 e. The number of hydrogen-bond donors (Lipinski definition) is 2. The molecule has 1 aliphatic carbocycles. The third kappa shape index (κ3) is 4.19. The van der Waals surface area contributed by atoms with E-state index in [1.54, 1.807) is 0 Å². The second kappa shape index (κ2) is 6.90. The van der Waals surface area contributed by atoms with Gasteiger partial charge >= 0.3 is 0 Å². The van der Waals surface area contributed by atoms with Gasteiger partial charge in [-0.25, -0.2) is 0 Å². The molecule has 1 heterocycles. The van der Waals surface area contributed by atoms with Crippen LogP contribution in [0.25, 0.3) is 0 Å². The fourth-order valence-electron chi connectivity index (χ4n) is 3.54. The molecule has 0 aromatic rings. The van der Waals surface area contributed by atoms with Gasteiger partial charge in [-0.3, -0.25) is 9.69 Å². The lowest BCUT2D eigenvalue weighted by atomic mass is 9.71. The normalized spacial score (nSPS) is 31.1. The fraction of sp³-hybridized carbons (Fsp3) is 0.938. The van der Waals surface area contributed by atoms with E-state index in [1.165, 1.54) is 6.42 Å². The van der Waals surface area contributed by atoms with E-state index in [9.17, 15) is 9.90 Å². The van der Waals surface area contributed by atoms with E-state index < -0.39 is 5.60 Å². The Morgan fingerprint density at radius 1 is 1.40 bits per heavy atom. The van der Waals surface area contributed by atoms with Crippen LogP contribution in [0.2, 0.25) is 0 Å². The molecule has 1 aliphatic heterocycles. The van der Waals surface area contributed by atoms with Crippen molar-refractivity contribution in [3.63, 3.8) is 0 Å². The first kappa shape index (κ1) is 15.8. The Labute approximate surface area is 122 Å². The lowest BCUT2D eigenvalue weighted by Gasteiger charge is -2.47. The van der Waals surface area contributed by atoms with Gasteiger partial charge in [0.2, 0.25) is 5.91 Å². The summed E-state index contributed by atoms with van der Waals surface area (Å²) in [6.07, 6.45) is 6.31. The van der Waals surface area contributed by atoms with Crippen molar-refractivity contribution in [3.8, 4) is 0 Å². The predicted octanol–water partition coefficient (Wildman–Crippen LogP) is 1.78. The molecule has 20 heavy (non-hydrogen) atoms. The molecule has 2 fully saturated rings. The van der Waals surface area contributed by atoms with Crippen LogP contribution in [0.4, 0.5) is 0 Å². The van der Waals surface area contributed by atoms with Crippen LogP contribution in [0.1, 0.15) is 52.4 Å². The average Bonchev–Trinajstić information content (AvgIpc) is 2.38. The molecule has 4 heteroatoms. The molecule has 0 aromatic carbocycles. The molecule has 1 amide bonds. The number of amides is 1. The van der Waals surface area contributed by atoms with Crippen LogP contribution in [0.3, 0.4) is 0 Å². The molecule has 0 bridgehead atoms. The van der Waals surface area contributed by atoms with Crippen molar-refractivity contribution in [2.24, 2.45) is 11.8 Å². The number of aliphatic hydroxyl groups is 1. The van der Waals surface area contributed by atoms with Crippen molar-refractivity contribution in [2.45, 2.75) is 58.0 Å². The number of nitrogens with zero attached hydrogens (tertiary/aromatic N) is 1. The molecule has 2 atom stereocenters. The largest absolute Gasteiger partial charge is 0.390 e. The minimum atomic E-state index is -0.442. The molecule has 4 nitrogen and oxygen atoms in total. The third-order valence-electron chi connectivity index (χ3n) is 4.92. The second-order valence-electron chi connectivity index (χ2n) is 7.06. The van der Waals surface area contributed by atoms with E-state index in [4.69, 9.17) is 0 Å². The van der Waals surface area contributed by atoms with Crippen molar-refractivity contribution in [1.82, 2.24) is 10.2 Å². The third-order valence-corrected chi connectivity index (χ3v) is 4.92. The zero-order chi connectivity index (χ0) is 14.6. The van der Waals surface area contributed by atoms with Crippen molar-refractivity contribution in [2.75, 3.05) is 26.2 Å². The zero-order valence-corrected chi connectivity index (χ0v) is 13.0. The number of carbonyl (C=O) groups excluding carboxylic acids is 1. The number of nitrogens with one attached hydrogen (secondary N) is 1. The van der Waals surface area contributed by atoms with Gasteiger partial charge in [0.15, 0.2) is 0 Å². The van der Waals surface area contributed by atoms with Crippen LogP contribution in [0.5, 0.6) is 0 Å². The van der Waals surface area contributed by atoms with Gasteiger partial charge in [0.1, 0.15) is 0 Å². The van der Waals surface area contributed by atoms with Crippen molar-refractivity contribution in [1.29, 1.82) is 0 Å². The lowest BCUT2D eigenvalue weighted by Crippen LogP contribution is -2.54. The van der Waals surface area contributed by atoms with Crippen LogP contribution in [-0.2, 0) is 4.79 Å². The molecular weight excluding hydrogens is 252 g/mol. The van der Waals surface area contributed by atoms with Crippen LogP contribution in [-0.4, -0.2) is 47.7 Å². The number of hydrogen-bond acceptors (Lipinski definition) is 3. The van der Waals surface area contributed by atoms with Crippen LogP contribution >= 0.6 is 0 Å². The highest BCUT2D eigenvalue weighted by atomic mass is 16.3. The molecular formula is C16H30N2O2. The number of carbonyl (C=O) groups is 1. The first-order valence-electron chi connectivity index (χ1n) is 8.21. The van der Waals surface area contributed by atoms with Gasteiger partial charge in [-0.15, -0.1) is 0 Å². The summed E-state index contributed by atoms with van der Waals surface area (Å²) in [5.74, 6) is 1.13. The van der Waals surface area contributed by atoms with Gasteiger partial charge < -0.3 is 10.4 Å². The number of rotatable bonds is 5. The van der Waals surface area contributed by atoms with E-state index in [2.05, 4.69) is 24.1 Å². The minimum absolute atomic E-state index is 0.131. The molecule has 116 valence electrons. The minimum Gasteiger partial charge on any atom is -0.390 e. The summed E-state index contributed by atoms with van der Waals surface area (Å²) in [5, 5.41) is 13.6. The summed E-state index contributed by atoms with van der Waals surface area (Å²) < 4.78 is 0. The molecule has 2 aliphatic rings. The highest BCUT2D eigenvalue weighted by molar-refractivity contribution is 5.77. The Hall–Kier alpha value is -0.610. The second-order valence-corrected chi connectivity index (χ2v) is 7.06. The summed E-state index contributed by atoms with van der Waals surface area (Å²) in [7, 11) is 0. The monoisotopic (exact) mass is 282 g/mol. The molecule has 1 saturated carbocycles. The van der Waals surface area contributed by atoms with Crippen molar-refractivity contribution in [3.05, 3.63) is 0 Å². The van der Waals surface area contributed by atoms with E-state index in [0.717, 1.165) is 51.7 Å². The summed E-state index contributed by atoms with van der Waals surface area (Å²) >= 11 is 0. The molecule has 2 N–H and O–H groups in total. The molecule has 2 rings (SSSR count). The molecule has 1 saturated heterocycles. The van der Waals surface area contributed by atoms with Gasteiger partial charge in [-0.2, -0.15) is 0 Å². The standard InChI is InChI=1S/C16H30N2O2/c1-13(2)6-9-17-15(19)12-18-10-8-16(20)7-4-3-5-14(16)11-18/h13-14,20H,3-12H2,1-2H3,(H,17,19). The molecule has 0 aromatic heterocycles. The first-order valence-corrected chi connectivity index (χ1v) is 8.21. The highest BCUT2D eigenvalue weighted by Crippen LogP contribution is 2.39. The Morgan fingerprint density at radius 2 is 2.20 bits per heavy atom. The summed E-state index contributed by atoms with van der Waals surface area (Å²) in [4.78, 5) is 14.1. The van der Waals surface area contributed by atoms with Crippen LogP contribution in [0.15, 0.2) is 0 Å². The van der Waals surface area contributed by atoms with Gasteiger partial charge in [0, 0.05) is 25.6 Å². The maximum Gasteiger partial charge on any atom is 0.234 e. The lowest BCUT2D eigenvalue weighted by molar-refractivity contribution is -0.127. The quantitative estimate of drug-likeness (QED) is 0.808.